The Morgan fingerprint density at radius 2 is 1.54 bits per heavy atom. The molecule has 0 aliphatic carbocycles. The van der Waals surface area contributed by atoms with E-state index in [1.807, 2.05) is 79.0 Å². The van der Waals surface area contributed by atoms with Gasteiger partial charge in [0.05, 0.1) is 0 Å². The van der Waals surface area contributed by atoms with Crippen molar-refractivity contribution in [3.05, 3.63) is 134 Å². The predicted octanol–water partition coefficient (Wildman–Crippen LogP) is 7.16. The Morgan fingerprint density at radius 1 is 0.743 bits per heavy atom. The second-order valence-corrected chi connectivity index (χ2v) is 7.90. The van der Waals surface area contributed by atoms with Gasteiger partial charge in [0, 0.05) is 18.1 Å². The second-order valence-electron chi connectivity index (χ2n) is 7.90. The van der Waals surface area contributed by atoms with Gasteiger partial charge in [0.2, 0.25) is 0 Å². The molecular formula is C30H20N4Pt. The van der Waals surface area contributed by atoms with Crippen molar-refractivity contribution in [2.75, 3.05) is 4.90 Å². The van der Waals surface area contributed by atoms with Crippen molar-refractivity contribution in [3.63, 3.8) is 0 Å². The third-order valence-electron chi connectivity index (χ3n) is 5.69. The van der Waals surface area contributed by atoms with Gasteiger partial charge >= 0.3 is 21.1 Å². The molecule has 5 heteroatoms. The standard InChI is InChI=1S/C30H20N4.Pt/c1-2-11-26(12-3-1)34(28-14-6-13-27(22-28)33-20-8-19-31-33)30-16-7-15-29(32-30)25-18-17-23-9-4-5-10-24(23)21-25;/h1-17,19-21H;/q-2;+2. The van der Waals surface area contributed by atoms with E-state index in [0.717, 1.165) is 34.1 Å². The zero-order chi connectivity index (χ0) is 22.7. The number of anilines is 3. The first-order valence-corrected chi connectivity index (χ1v) is 11.1. The third-order valence-corrected chi connectivity index (χ3v) is 5.69. The van der Waals surface area contributed by atoms with Crippen LogP contribution in [0.2, 0.25) is 0 Å². The zero-order valence-corrected chi connectivity index (χ0v) is 20.9. The van der Waals surface area contributed by atoms with E-state index in [1.54, 1.807) is 10.9 Å². The summed E-state index contributed by atoms with van der Waals surface area (Å²) < 4.78 is 1.81. The minimum absolute atomic E-state index is 0. The molecule has 6 rings (SSSR count). The maximum atomic E-state index is 5.05. The molecule has 0 unspecified atom stereocenters. The van der Waals surface area contributed by atoms with Gasteiger partial charge in [-0.05, 0) is 35.6 Å². The number of pyridine rings is 1. The molecule has 0 aliphatic heterocycles. The molecule has 0 saturated carbocycles. The van der Waals surface area contributed by atoms with Gasteiger partial charge in [-0.1, -0.05) is 65.7 Å². The normalized spacial score (nSPS) is 10.6. The molecule has 0 spiro atoms. The van der Waals surface area contributed by atoms with Gasteiger partial charge in [-0.2, -0.15) is 11.2 Å². The first kappa shape index (κ1) is 22.8. The number of benzene rings is 4. The van der Waals surface area contributed by atoms with Crippen molar-refractivity contribution in [1.82, 2.24) is 14.8 Å². The molecule has 0 atom stereocenters. The fourth-order valence-corrected chi connectivity index (χ4v) is 4.06. The van der Waals surface area contributed by atoms with Crippen LogP contribution in [0.5, 0.6) is 0 Å². The summed E-state index contributed by atoms with van der Waals surface area (Å²) in [5, 5.41) is 6.69. The minimum atomic E-state index is 0. The van der Waals surface area contributed by atoms with E-state index in [-0.39, 0.29) is 21.1 Å². The van der Waals surface area contributed by atoms with Crippen LogP contribution in [-0.2, 0) is 21.1 Å². The van der Waals surface area contributed by atoms with Gasteiger partial charge in [-0.25, -0.2) is 0 Å². The molecule has 0 bridgehead atoms. The van der Waals surface area contributed by atoms with Crippen molar-refractivity contribution >= 4 is 28.0 Å². The molecular weight excluding hydrogens is 611 g/mol. The number of para-hydroxylation sites is 1. The Kier molecular flexibility index (Phi) is 6.56. The zero-order valence-electron chi connectivity index (χ0n) is 18.7. The summed E-state index contributed by atoms with van der Waals surface area (Å²) in [5.74, 6) is 0.805. The maximum absolute atomic E-state index is 5.05. The van der Waals surface area contributed by atoms with Crippen LogP contribution in [0.3, 0.4) is 0 Å². The van der Waals surface area contributed by atoms with Gasteiger partial charge in [-0.15, -0.1) is 47.3 Å². The molecule has 4 aromatic carbocycles. The molecule has 6 aromatic rings. The van der Waals surface area contributed by atoms with E-state index in [1.165, 1.54) is 10.8 Å². The molecule has 0 amide bonds. The Balaban J connectivity index is 0.00000253. The Bertz CT molecular complexity index is 1560. The number of nitrogens with zero attached hydrogens (tertiary/aromatic N) is 4. The van der Waals surface area contributed by atoms with Crippen molar-refractivity contribution in [2.24, 2.45) is 0 Å². The summed E-state index contributed by atoms with van der Waals surface area (Å²) in [6.07, 6.45) is 3.68. The molecule has 0 radical (unpaired) electrons. The maximum Gasteiger partial charge on any atom is 2.00 e. The SMILES string of the molecule is [Pt+2].[c-]1cc2ccccc2cc1-c1cccc(N(c2[c-]c(-n3cccn3)ccc2)c2ccccc2)n1. The first-order chi connectivity index (χ1) is 16.8. The number of fused-ring (bicyclic) bond motifs is 1. The molecule has 4 nitrogen and oxygen atoms in total. The molecule has 170 valence electrons. The van der Waals surface area contributed by atoms with E-state index in [0.29, 0.717) is 0 Å². The molecule has 35 heavy (non-hydrogen) atoms. The van der Waals surface area contributed by atoms with Crippen molar-refractivity contribution in [3.8, 4) is 16.9 Å². The van der Waals surface area contributed by atoms with Crippen LogP contribution in [0.25, 0.3) is 27.7 Å². The third kappa shape index (κ3) is 4.66. The largest absolute Gasteiger partial charge is 2.00 e. The van der Waals surface area contributed by atoms with E-state index < -0.39 is 0 Å². The summed E-state index contributed by atoms with van der Waals surface area (Å²) in [6.45, 7) is 0. The topological polar surface area (TPSA) is 34.0 Å². The first-order valence-electron chi connectivity index (χ1n) is 11.1. The van der Waals surface area contributed by atoms with Crippen LogP contribution >= 0.6 is 0 Å². The number of hydrogen-bond donors (Lipinski definition) is 0. The average Bonchev–Trinajstić information content (AvgIpc) is 3.45. The van der Waals surface area contributed by atoms with Crippen LogP contribution in [0.15, 0.2) is 122 Å². The molecule has 2 aromatic heterocycles. The predicted molar refractivity (Wildman–Crippen MR) is 137 cm³/mol. The summed E-state index contributed by atoms with van der Waals surface area (Å²) in [5.41, 5.74) is 4.58. The number of rotatable bonds is 5. The van der Waals surface area contributed by atoms with Gasteiger partial charge in [-0.3, -0.25) is 9.67 Å². The van der Waals surface area contributed by atoms with Crippen LogP contribution < -0.4 is 4.90 Å². The summed E-state index contributed by atoms with van der Waals surface area (Å²) in [6, 6.07) is 43.6. The Morgan fingerprint density at radius 3 is 2.37 bits per heavy atom. The van der Waals surface area contributed by atoms with Crippen LogP contribution in [0.4, 0.5) is 17.2 Å². The van der Waals surface area contributed by atoms with Crippen molar-refractivity contribution in [1.29, 1.82) is 0 Å². The Labute approximate surface area is 218 Å². The van der Waals surface area contributed by atoms with Crippen molar-refractivity contribution < 1.29 is 21.1 Å². The summed E-state index contributed by atoms with van der Waals surface area (Å²) in [7, 11) is 0. The average molecular weight is 632 g/mol. The van der Waals surface area contributed by atoms with E-state index in [2.05, 4.69) is 58.5 Å². The van der Waals surface area contributed by atoms with Crippen LogP contribution in [0, 0.1) is 12.1 Å². The van der Waals surface area contributed by atoms with Crippen molar-refractivity contribution in [2.45, 2.75) is 0 Å². The van der Waals surface area contributed by atoms with Crippen LogP contribution in [-0.4, -0.2) is 14.8 Å². The fourth-order valence-electron chi connectivity index (χ4n) is 4.06. The van der Waals surface area contributed by atoms with E-state index in [9.17, 15) is 0 Å². The Hall–Kier alpha value is -4.01. The van der Waals surface area contributed by atoms with Gasteiger partial charge < -0.3 is 4.90 Å². The van der Waals surface area contributed by atoms with Gasteiger partial charge in [0.25, 0.3) is 0 Å². The van der Waals surface area contributed by atoms with Crippen LogP contribution in [0.1, 0.15) is 0 Å². The van der Waals surface area contributed by atoms with Gasteiger partial charge in [0.15, 0.2) is 0 Å². The summed E-state index contributed by atoms with van der Waals surface area (Å²) in [4.78, 5) is 7.16. The minimum Gasteiger partial charge on any atom is -0.320 e. The van der Waals surface area contributed by atoms with Gasteiger partial charge in [0.1, 0.15) is 5.82 Å². The monoisotopic (exact) mass is 631 g/mol. The molecule has 0 N–H and O–H groups in total. The quantitative estimate of drug-likeness (QED) is 0.190. The fraction of sp³-hybridized carbons (Fsp3) is 0. The summed E-state index contributed by atoms with van der Waals surface area (Å²) >= 11 is 0. The molecule has 2 heterocycles. The number of aromatic nitrogens is 3. The smallest absolute Gasteiger partial charge is 0.320 e. The molecule has 0 fully saturated rings. The second kappa shape index (κ2) is 10.1. The van der Waals surface area contributed by atoms with E-state index in [4.69, 9.17) is 4.98 Å². The number of hydrogen-bond acceptors (Lipinski definition) is 3. The molecule has 0 aliphatic rings. The van der Waals surface area contributed by atoms with E-state index >= 15 is 0 Å². The molecule has 0 saturated heterocycles.